The maximum absolute atomic E-state index is 12.3. The highest BCUT2D eigenvalue weighted by molar-refractivity contribution is 6.31. The van der Waals surface area contributed by atoms with Crippen LogP contribution in [0.3, 0.4) is 0 Å². The number of hydrogen-bond donors (Lipinski definition) is 1. The molecule has 132 valence electrons. The van der Waals surface area contributed by atoms with E-state index >= 15 is 0 Å². The van der Waals surface area contributed by atoms with E-state index in [2.05, 4.69) is 5.32 Å². The Morgan fingerprint density at radius 3 is 2.31 bits per heavy atom. The Balaban J connectivity index is 1.67. The highest BCUT2D eigenvalue weighted by Gasteiger charge is 2.09. The van der Waals surface area contributed by atoms with Crippen LogP contribution < -0.4 is 10.1 Å². The first kappa shape index (κ1) is 18.3. The molecule has 0 spiro atoms. The summed E-state index contributed by atoms with van der Waals surface area (Å²) in [6, 6.07) is 22.0. The Hall–Kier alpha value is -2.49. The molecule has 0 aliphatic carbocycles. The van der Waals surface area contributed by atoms with Crippen LogP contribution in [0.2, 0.25) is 10.0 Å². The highest BCUT2D eigenvalue weighted by Crippen LogP contribution is 2.24. The van der Waals surface area contributed by atoms with Gasteiger partial charge in [-0.1, -0.05) is 53.5 Å². The molecular weight excluding hydrogens is 369 g/mol. The second-order valence-corrected chi connectivity index (χ2v) is 6.59. The number of rotatable bonds is 6. The van der Waals surface area contributed by atoms with Gasteiger partial charge in [0, 0.05) is 27.7 Å². The minimum Gasteiger partial charge on any atom is -0.489 e. The number of carbonyl (C=O) groups is 1. The molecule has 1 amide bonds. The molecular formula is C21H17Cl2NO2. The van der Waals surface area contributed by atoms with Crippen molar-refractivity contribution in [1.82, 2.24) is 5.32 Å². The molecule has 0 fully saturated rings. The van der Waals surface area contributed by atoms with Gasteiger partial charge >= 0.3 is 0 Å². The minimum absolute atomic E-state index is 0.185. The van der Waals surface area contributed by atoms with Gasteiger partial charge in [-0.2, -0.15) is 0 Å². The molecule has 0 aliphatic rings. The molecule has 3 aromatic carbocycles. The van der Waals surface area contributed by atoms with E-state index < -0.39 is 0 Å². The van der Waals surface area contributed by atoms with Crippen LogP contribution in [0, 0.1) is 0 Å². The number of ether oxygens (including phenoxy) is 1. The molecule has 0 saturated carbocycles. The average Bonchev–Trinajstić information content (AvgIpc) is 2.66. The normalized spacial score (nSPS) is 10.4. The first-order chi connectivity index (χ1) is 12.6. The molecule has 3 rings (SSSR count). The minimum atomic E-state index is -0.185. The standard InChI is InChI=1S/C21H17Cl2NO2/c22-18-8-6-16(7-9-18)21(25)24-13-17-12-19(23)10-11-20(17)26-14-15-4-2-1-3-5-15/h1-12H,13-14H2,(H,24,25). The average molecular weight is 386 g/mol. The summed E-state index contributed by atoms with van der Waals surface area (Å²) in [4.78, 5) is 12.3. The Labute approximate surface area is 162 Å². The lowest BCUT2D eigenvalue weighted by molar-refractivity contribution is 0.0950. The summed E-state index contributed by atoms with van der Waals surface area (Å²) in [6.45, 7) is 0.757. The van der Waals surface area contributed by atoms with Crippen LogP contribution in [0.25, 0.3) is 0 Å². The van der Waals surface area contributed by atoms with Crippen molar-refractivity contribution in [1.29, 1.82) is 0 Å². The van der Waals surface area contributed by atoms with Crippen molar-refractivity contribution < 1.29 is 9.53 Å². The van der Waals surface area contributed by atoms with Crippen molar-refractivity contribution in [3.63, 3.8) is 0 Å². The zero-order chi connectivity index (χ0) is 18.4. The Bertz CT molecular complexity index is 880. The van der Waals surface area contributed by atoms with Gasteiger partial charge in [-0.15, -0.1) is 0 Å². The predicted octanol–water partition coefficient (Wildman–Crippen LogP) is 5.50. The fraction of sp³-hybridized carbons (Fsp3) is 0.0952. The van der Waals surface area contributed by atoms with Crippen molar-refractivity contribution >= 4 is 29.1 Å². The molecule has 0 radical (unpaired) electrons. The van der Waals surface area contributed by atoms with Gasteiger partial charge in [-0.3, -0.25) is 4.79 Å². The van der Waals surface area contributed by atoms with Crippen LogP contribution >= 0.6 is 23.2 Å². The maximum atomic E-state index is 12.3. The van der Waals surface area contributed by atoms with E-state index in [-0.39, 0.29) is 5.91 Å². The fourth-order valence-electron chi connectivity index (χ4n) is 2.44. The monoisotopic (exact) mass is 385 g/mol. The van der Waals surface area contributed by atoms with Crippen molar-refractivity contribution in [2.24, 2.45) is 0 Å². The van der Waals surface area contributed by atoms with Gasteiger partial charge in [0.05, 0.1) is 0 Å². The molecule has 0 aromatic heterocycles. The van der Waals surface area contributed by atoms with Gasteiger partial charge in [0.15, 0.2) is 0 Å². The van der Waals surface area contributed by atoms with Gasteiger partial charge in [0.2, 0.25) is 0 Å². The third-order valence-electron chi connectivity index (χ3n) is 3.81. The van der Waals surface area contributed by atoms with E-state index in [1.54, 1.807) is 36.4 Å². The van der Waals surface area contributed by atoms with Gasteiger partial charge in [-0.25, -0.2) is 0 Å². The van der Waals surface area contributed by atoms with Crippen LogP contribution in [-0.2, 0) is 13.2 Å². The van der Waals surface area contributed by atoms with E-state index in [0.29, 0.717) is 34.5 Å². The Morgan fingerprint density at radius 1 is 0.885 bits per heavy atom. The van der Waals surface area contributed by atoms with Crippen molar-refractivity contribution in [2.75, 3.05) is 0 Å². The Kier molecular flexibility index (Phi) is 6.16. The summed E-state index contributed by atoms with van der Waals surface area (Å²) >= 11 is 12.0. The van der Waals surface area contributed by atoms with Crippen molar-refractivity contribution in [3.05, 3.63) is 99.5 Å². The molecule has 5 heteroatoms. The molecule has 0 atom stereocenters. The second kappa shape index (κ2) is 8.75. The lowest BCUT2D eigenvalue weighted by Gasteiger charge is -2.13. The lowest BCUT2D eigenvalue weighted by Crippen LogP contribution is -2.23. The second-order valence-electron chi connectivity index (χ2n) is 5.72. The predicted molar refractivity (Wildman–Crippen MR) is 105 cm³/mol. The molecule has 0 aliphatic heterocycles. The first-order valence-electron chi connectivity index (χ1n) is 8.11. The molecule has 3 aromatic rings. The zero-order valence-electron chi connectivity index (χ0n) is 13.9. The van der Waals surface area contributed by atoms with Gasteiger partial charge in [-0.05, 0) is 48.0 Å². The van der Waals surface area contributed by atoms with Gasteiger partial charge in [0.25, 0.3) is 5.91 Å². The summed E-state index contributed by atoms with van der Waals surface area (Å²) in [5.41, 5.74) is 2.43. The topological polar surface area (TPSA) is 38.3 Å². The molecule has 1 N–H and O–H groups in total. The summed E-state index contributed by atoms with van der Waals surface area (Å²) in [6.07, 6.45) is 0. The number of nitrogens with one attached hydrogen (secondary N) is 1. The largest absolute Gasteiger partial charge is 0.489 e. The number of hydrogen-bond acceptors (Lipinski definition) is 2. The SMILES string of the molecule is O=C(NCc1cc(Cl)ccc1OCc1ccccc1)c1ccc(Cl)cc1. The van der Waals surface area contributed by atoms with Crippen LogP contribution in [-0.4, -0.2) is 5.91 Å². The number of carbonyl (C=O) groups excluding carboxylic acids is 1. The van der Waals surface area contributed by atoms with Crippen LogP contribution in [0.5, 0.6) is 5.75 Å². The van der Waals surface area contributed by atoms with Crippen LogP contribution in [0.1, 0.15) is 21.5 Å². The number of amides is 1. The quantitative estimate of drug-likeness (QED) is 0.607. The lowest BCUT2D eigenvalue weighted by atomic mass is 10.1. The molecule has 0 saturated heterocycles. The van der Waals surface area contributed by atoms with E-state index in [4.69, 9.17) is 27.9 Å². The van der Waals surface area contributed by atoms with Crippen molar-refractivity contribution in [2.45, 2.75) is 13.2 Å². The summed E-state index contributed by atoms with van der Waals surface area (Å²) in [7, 11) is 0. The van der Waals surface area contributed by atoms with E-state index in [0.717, 1.165) is 11.1 Å². The Morgan fingerprint density at radius 2 is 1.58 bits per heavy atom. The van der Waals surface area contributed by atoms with Gasteiger partial charge in [0.1, 0.15) is 12.4 Å². The smallest absolute Gasteiger partial charge is 0.251 e. The molecule has 3 nitrogen and oxygen atoms in total. The highest BCUT2D eigenvalue weighted by atomic mass is 35.5. The zero-order valence-corrected chi connectivity index (χ0v) is 15.4. The summed E-state index contributed by atoms with van der Waals surface area (Å²) in [5.74, 6) is 0.505. The number of benzene rings is 3. The number of halogens is 2. The summed E-state index contributed by atoms with van der Waals surface area (Å²) in [5, 5.41) is 4.06. The molecule has 0 unspecified atom stereocenters. The van der Waals surface area contributed by atoms with E-state index in [1.165, 1.54) is 0 Å². The van der Waals surface area contributed by atoms with Crippen molar-refractivity contribution in [3.8, 4) is 5.75 Å². The van der Waals surface area contributed by atoms with Crippen LogP contribution in [0.4, 0.5) is 0 Å². The van der Waals surface area contributed by atoms with E-state index in [1.807, 2.05) is 36.4 Å². The maximum Gasteiger partial charge on any atom is 0.251 e. The summed E-state index contributed by atoms with van der Waals surface area (Å²) < 4.78 is 5.90. The first-order valence-corrected chi connectivity index (χ1v) is 8.86. The fourth-order valence-corrected chi connectivity index (χ4v) is 2.76. The van der Waals surface area contributed by atoms with Gasteiger partial charge < -0.3 is 10.1 Å². The third-order valence-corrected chi connectivity index (χ3v) is 4.29. The van der Waals surface area contributed by atoms with E-state index in [9.17, 15) is 4.79 Å². The molecule has 0 bridgehead atoms. The molecule has 26 heavy (non-hydrogen) atoms. The third kappa shape index (κ3) is 5.01. The molecule has 0 heterocycles. The van der Waals surface area contributed by atoms with Crippen LogP contribution in [0.15, 0.2) is 72.8 Å².